The Hall–Kier alpha value is -2.68. The first kappa shape index (κ1) is 23.0. The minimum absolute atomic E-state index is 0. The van der Waals surface area contributed by atoms with Crippen LogP contribution in [0, 0.1) is 13.8 Å². The first-order valence-electron chi connectivity index (χ1n) is 9.75. The van der Waals surface area contributed by atoms with Gasteiger partial charge in [0.15, 0.2) is 10.7 Å². The molecule has 4 rings (SSSR count). The third kappa shape index (κ3) is 4.51. The second-order valence-electron chi connectivity index (χ2n) is 7.62. The molecular weight excluding hydrogens is 436 g/mol. The van der Waals surface area contributed by atoms with Gasteiger partial charge in [0.25, 0.3) is 0 Å². The van der Waals surface area contributed by atoms with Gasteiger partial charge in [-0.05, 0) is 57.3 Å². The molecule has 0 radical (unpaired) electrons. The van der Waals surface area contributed by atoms with Crippen LogP contribution in [-0.2, 0) is 11.3 Å². The Labute approximate surface area is 190 Å². The van der Waals surface area contributed by atoms with E-state index < -0.39 is 5.76 Å². The molecule has 164 valence electrons. The molecule has 2 aromatic carbocycles. The summed E-state index contributed by atoms with van der Waals surface area (Å²) in [5.41, 5.74) is 4.29. The van der Waals surface area contributed by atoms with Crippen LogP contribution >= 0.6 is 23.7 Å². The first-order chi connectivity index (χ1) is 14.3. The fourth-order valence-electron chi connectivity index (χ4n) is 3.34. The molecule has 0 spiro atoms. The van der Waals surface area contributed by atoms with Gasteiger partial charge in [0.2, 0.25) is 5.91 Å². The number of para-hydroxylation sites is 2. The number of thiazole rings is 1. The molecule has 0 saturated carbocycles. The van der Waals surface area contributed by atoms with E-state index in [0.29, 0.717) is 29.3 Å². The van der Waals surface area contributed by atoms with Crippen LogP contribution in [0.15, 0.2) is 45.6 Å². The highest BCUT2D eigenvalue weighted by molar-refractivity contribution is 7.22. The van der Waals surface area contributed by atoms with Crippen LogP contribution in [0.1, 0.15) is 11.1 Å². The lowest BCUT2D eigenvalue weighted by Gasteiger charge is -2.22. The minimum Gasteiger partial charge on any atom is -0.408 e. The third-order valence-corrected chi connectivity index (χ3v) is 6.29. The Morgan fingerprint density at radius 3 is 2.61 bits per heavy atom. The van der Waals surface area contributed by atoms with Crippen molar-refractivity contribution in [3.63, 3.8) is 0 Å². The van der Waals surface area contributed by atoms with Gasteiger partial charge in [-0.15, -0.1) is 12.4 Å². The monoisotopic (exact) mass is 460 g/mol. The molecule has 2 aromatic heterocycles. The fraction of sp³-hybridized carbons (Fsp3) is 0.318. The molecule has 0 atom stereocenters. The van der Waals surface area contributed by atoms with Crippen molar-refractivity contribution in [1.29, 1.82) is 0 Å². The lowest BCUT2D eigenvalue weighted by Crippen LogP contribution is -2.39. The summed E-state index contributed by atoms with van der Waals surface area (Å²) in [7, 11) is 3.92. The van der Waals surface area contributed by atoms with Crippen LogP contribution in [0.25, 0.3) is 21.3 Å². The molecule has 0 aliphatic heterocycles. The number of anilines is 1. The summed E-state index contributed by atoms with van der Waals surface area (Å²) >= 11 is 1.49. The molecule has 0 aliphatic rings. The zero-order valence-corrected chi connectivity index (χ0v) is 19.5. The van der Waals surface area contributed by atoms with Gasteiger partial charge >= 0.3 is 5.76 Å². The Balaban J connectivity index is 0.00000272. The standard InChI is InChI=1S/C22H24N4O3S.ClH/c1-14-9-10-18-20(15(14)2)23-21(30-18)25(12-11-24(3)4)19(27)13-26-16-7-5-6-8-17(16)29-22(26)28;/h5-10H,11-13H2,1-4H3;1H. The number of rotatable bonds is 6. The van der Waals surface area contributed by atoms with Gasteiger partial charge in [-0.2, -0.15) is 0 Å². The summed E-state index contributed by atoms with van der Waals surface area (Å²) in [5, 5.41) is 0.645. The van der Waals surface area contributed by atoms with E-state index >= 15 is 0 Å². The Morgan fingerprint density at radius 1 is 1.13 bits per heavy atom. The normalized spacial score (nSPS) is 11.3. The first-order valence-corrected chi connectivity index (χ1v) is 10.6. The summed E-state index contributed by atoms with van der Waals surface area (Å²) < 4.78 is 7.70. The number of amides is 1. The minimum atomic E-state index is -0.534. The van der Waals surface area contributed by atoms with Gasteiger partial charge in [0.05, 0.1) is 15.7 Å². The molecule has 0 fully saturated rings. The van der Waals surface area contributed by atoms with Crippen molar-refractivity contribution in [3.8, 4) is 0 Å². The highest BCUT2D eigenvalue weighted by atomic mass is 35.5. The average Bonchev–Trinajstić information content (AvgIpc) is 3.27. The van der Waals surface area contributed by atoms with Crippen LogP contribution in [0.3, 0.4) is 0 Å². The van der Waals surface area contributed by atoms with Gasteiger partial charge < -0.3 is 9.32 Å². The highest BCUT2D eigenvalue weighted by Crippen LogP contribution is 2.32. The predicted octanol–water partition coefficient (Wildman–Crippen LogP) is 3.84. The molecule has 0 saturated heterocycles. The van der Waals surface area contributed by atoms with Gasteiger partial charge in [0, 0.05) is 13.1 Å². The quantitative estimate of drug-likeness (QED) is 0.437. The maximum absolute atomic E-state index is 13.3. The second kappa shape index (κ2) is 9.21. The number of hydrogen-bond donors (Lipinski definition) is 0. The SMILES string of the molecule is Cc1ccc2sc(N(CCN(C)C)C(=O)Cn3c(=O)oc4ccccc43)nc2c1C.Cl. The molecule has 9 heteroatoms. The number of likely N-dealkylation sites (N-methyl/N-ethyl adjacent to an activating group) is 1. The zero-order valence-electron chi connectivity index (χ0n) is 17.9. The molecule has 1 amide bonds. The zero-order chi connectivity index (χ0) is 21.4. The molecule has 7 nitrogen and oxygen atoms in total. The largest absolute Gasteiger partial charge is 0.420 e. The van der Waals surface area contributed by atoms with Gasteiger partial charge in [-0.25, -0.2) is 9.78 Å². The molecule has 31 heavy (non-hydrogen) atoms. The van der Waals surface area contributed by atoms with Crippen molar-refractivity contribution in [3.05, 3.63) is 58.1 Å². The molecule has 0 N–H and O–H groups in total. The summed E-state index contributed by atoms with van der Waals surface area (Å²) in [4.78, 5) is 34.1. The maximum Gasteiger partial charge on any atom is 0.420 e. The predicted molar refractivity (Wildman–Crippen MR) is 128 cm³/mol. The number of fused-ring (bicyclic) bond motifs is 2. The van der Waals surface area contributed by atoms with Crippen LogP contribution in [0.2, 0.25) is 0 Å². The number of aromatic nitrogens is 2. The van der Waals surface area contributed by atoms with Crippen LogP contribution in [0.5, 0.6) is 0 Å². The van der Waals surface area contributed by atoms with Crippen molar-refractivity contribution in [1.82, 2.24) is 14.5 Å². The number of carbonyl (C=O) groups excluding carboxylic acids is 1. The van der Waals surface area contributed by atoms with Crippen LogP contribution in [0.4, 0.5) is 5.13 Å². The van der Waals surface area contributed by atoms with E-state index in [-0.39, 0.29) is 24.9 Å². The molecule has 4 aromatic rings. The average molecular weight is 461 g/mol. The molecule has 0 aliphatic carbocycles. The smallest absolute Gasteiger partial charge is 0.408 e. The second-order valence-corrected chi connectivity index (χ2v) is 8.63. The van der Waals surface area contributed by atoms with E-state index in [0.717, 1.165) is 15.8 Å². The van der Waals surface area contributed by atoms with Crippen molar-refractivity contribution in [2.45, 2.75) is 20.4 Å². The van der Waals surface area contributed by atoms with Crippen molar-refractivity contribution < 1.29 is 9.21 Å². The number of nitrogens with zero attached hydrogens (tertiary/aromatic N) is 4. The van der Waals surface area contributed by atoms with E-state index in [1.807, 2.05) is 38.1 Å². The molecule has 2 heterocycles. The number of carbonyl (C=O) groups is 1. The topological polar surface area (TPSA) is 71.6 Å². The lowest BCUT2D eigenvalue weighted by atomic mass is 10.1. The Morgan fingerprint density at radius 2 is 1.87 bits per heavy atom. The number of hydrogen-bond acceptors (Lipinski definition) is 6. The highest BCUT2D eigenvalue weighted by Gasteiger charge is 2.23. The summed E-state index contributed by atoms with van der Waals surface area (Å²) in [5.74, 6) is -0.730. The van der Waals surface area contributed by atoms with E-state index in [2.05, 4.69) is 13.0 Å². The summed E-state index contributed by atoms with van der Waals surface area (Å²) in [6.07, 6.45) is 0. The summed E-state index contributed by atoms with van der Waals surface area (Å²) in [6, 6.07) is 11.2. The van der Waals surface area contributed by atoms with Crippen molar-refractivity contribution in [2.75, 3.05) is 32.1 Å². The van der Waals surface area contributed by atoms with Crippen LogP contribution in [-0.4, -0.2) is 47.5 Å². The molecular formula is C22H25ClN4O3S. The fourth-order valence-corrected chi connectivity index (χ4v) is 4.41. The molecule has 0 bridgehead atoms. The Bertz CT molecular complexity index is 1290. The van der Waals surface area contributed by atoms with E-state index in [9.17, 15) is 9.59 Å². The summed E-state index contributed by atoms with van der Waals surface area (Å²) in [6.45, 7) is 5.16. The van der Waals surface area contributed by atoms with Gasteiger partial charge in [0.1, 0.15) is 6.54 Å². The van der Waals surface area contributed by atoms with Gasteiger partial charge in [-0.3, -0.25) is 14.3 Å². The number of benzene rings is 2. The van der Waals surface area contributed by atoms with Gasteiger partial charge in [-0.1, -0.05) is 29.5 Å². The molecule has 0 unspecified atom stereocenters. The Kier molecular flexibility index (Phi) is 6.83. The van der Waals surface area contributed by atoms with Crippen molar-refractivity contribution in [2.24, 2.45) is 0 Å². The van der Waals surface area contributed by atoms with E-state index in [1.165, 1.54) is 21.5 Å². The number of aryl methyl sites for hydroxylation is 2. The van der Waals surface area contributed by atoms with Crippen molar-refractivity contribution >= 4 is 56.1 Å². The third-order valence-electron chi connectivity index (χ3n) is 5.24. The van der Waals surface area contributed by atoms with Crippen LogP contribution < -0.4 is 10.7 Å². The van der Waals surface area contributed by atoms with E-state index in [4.69, 9.17) is 9.40 Å². The lowest BCUT2D eigenvalue weighted by molar-refractivity contribution is -0.119. The maximum atomic E-state index is 13.3. The number of oxazole rings is 1. The van der Waals surface area contributed by atoms with E-state index in [1.54, 1.807) is 23.1 Å². The number of halogens is 1.